The first-order valence-electron chi connectivity index (χ1n) is 11.2. The van der Waals surface area contributed by atoms with Crippen LogP contribution >= 0.6 is 0 Å². The van der Waals surface area contributed by atoms with E-state index in [9.17, 15) is 20.2 Å². The van der Waals surface area contributed by atoms with Gasteiger partial charge in [-0.05, 0) is 55.9 Å². The summed E-state index contributed by atoms with van der Waals surface area (Å²) in [6, 6.07) is 15.9. The molecule has 7 nitrogen and oxygen atoms in total. The van der Waals surface area contributed by atoms with Gasteiger partial charge in [0.1, 0.15) is 11.5 Å². The zero-order chi connectivity index (χ0) is 22.8. The summed E-state index contributed by atoms with van der Waals surface area (Å²) in [4.78, 5) is 23.3. The van der Waals surface area contributed by atoms with Crippen molar-refractivity contribution in [3.05, 3.63) is 64.2 Å². The normalized spacial score (nSPS) is 14.8. The fourth-order valence-corrected chi connectivity index (χ4v) is 4.11. The summed E-state index contributed by atoms with van der Waals surface area (Å²) < 4.78 is 5.79. The Hall–Kier alpha value is -3.40. The van der Waals surface area contributed by atoms with Gasteiger partial charge in [-0.1, -0.05) is 37.5 Å². The summed E-state index contributed by atoms with van der Waals surface area (Å²) in [6.45, 7) is 0.695. The summed E-state index contributed by atoms with van der Waals surface area (Å²) in [7, 11) is 0. The summed E-state index contributed by atoms with van der Waals surface area (Å²) in [5.74, 6) is 1.08. The molecule has 3 rings (SSSR count). The lowest BCUT2D eigenvalue weighted by atomic mass is 9.89. The number of nitrogens with one attached hydrogen (secondary N) is 1. The number of nitro benzene ring substituents is 1. The minimum Gasteiger partial charge on any atom is -0.457 e. The van der Waals surface area contributed by atoms with Gasteiger partial charge in [0.25, 0.3) is 5.69 Å². The second-order valence-corrected chi connectivity index (χ2v) is 8.34. The van der Waals surface area contributed by atoms with Crippen LogP contribution in [0.5, 0.6) is 11.5 Å². The first kappa shape index (κ1) is 23.3. The van der Waals surface area contributed by atoms with Crippen LogP contribution in [0.15, 0.2) is 48.5 Å². The van der Waals surface area contributed by atoms with Crippen LogP contribution in [0.1, 0.15) is 50.5 Å². The molecule has 32 heavy (non-hydrogen) atoms. The van der Waals surface area contributed by atoms with Crippen molar-refractivity contribution in [1.82, 2.24) is 5.32 Å². The number of amides is 1. The molecule has 0 spiro atoms. The third kappa shape index (κ3) is 7.09. The van der Waals surface area contributed by atoms with E-state index < -0.39 is 10.8 Å². The van der Waals surface area contributed by atoms with E-state index in [1.807, 2.05) is 18.2 Å². The average molecular weight is 436 g/mol. The van der Waals surface area contributed by atoms with E-state index in [1.54, 1.807) is 24.3 Å². The van der Waals surface area contributed by atoms with E-state index in [0.29, 0.717) is 35.9 Å². The van der Waals surface area contributed by atoms with E-state index >= 15 is 0 Å². The Morgan fingerprint density at radius 3 is 2.59 bits per heavy atom. The average Bonchev–Trinajstić information content (AvgIpc) is 2.81. The lowest BCUT2D eigenvalue weighted by molar-refractivity contribution is -0.385. The molecule has 0 aromatic heterocycles. The van der Waals surface area contributed by atoms with E-state index in [4.69, 9.17) is 4.74 Å². The van der Waals surface area contributed by atoms with Crippen LogP contribution < -0.4 is 10.1 Å². The second-order valence-electron chi connectivity index (χ2n) is 8.34. The van der Waals surface area contributed by atoms with Crippen molar-refractivity contribution in [2.45, 2.75) is 51.4 Å². The van der Waals surface area contributed by atoms with Gasteiger partial charge in [0.2, 0.25) is 5.91 Å². The number of rotatable bonds is 10. The molecule has 1 unspecified atom stereocenters. The van der Waals surface area contributed by atoms with Gasteiger partial charge in [0.15, 0.2) is 0 Å². The molecule has 0 radical (unpaired) electrons. The number of benzene rings is 2. The number of nitrogens with zero attached hydrogens (tertiary/aromatic N) is 2. The highest BCUT2D eigenvalue weighted by Crippen LogP contribution is 2.30. The van der Waals surface area contributed by atoms with E-state index in [2.05, 4.69) is 11.4 Å². The molecular formula is C25H29N3O4. The minimum absolute atomic E-state index is 0.0487. The van der Waals surface area contributed by atoms with Crippen molar-refractivity contribution < 1.29 is 14.5 Å². The summed E-state index contributed by atoms with van der Waals surface area (Å²) in [5, 5.41) is 24.1. The van der Waals surface area contributed by atoms with Crippen LogP contribution in [-0.4, -0.2) is 17.4 Å². The fraction of sp³-hybridized carbons (Fsp3) is 0.440. The highest BCUT2D eigenvalue weighted by atomic mass is 16.6. The molecule has 0 heterocycles. The van der Waals surface area contributed by atoms with Crippen LogP contribution in [0.3, 0.4) is 0 Å². The monoisotopic (exact) mass is 435 g/mol. The number of nitro groups is 1. The van der Waals surface area contributed by atoms with Gasteiger partial charge in [-0.3, -0.25) is 14.9 Å². The molecule has 0 aliphatic heterocycles. The SMILES string of the molecule is N#CC(CCC(=O)NCC1CCCCC1)Cc1cc(Oc2ccccc2)ccc1[N+](=O)[O-]. The smallest absolute Gasteiger partial charge is 0.272 e. The predicted molar refractivity (Wildman–Crippen MR) is 121 cm³/mol. The Balaban J connectivity index is 1.58. The van der Waals surface area contributed by atoms with E-state index in [-0.39, 0.29) is 24.4 Å². The molecule has 1 aliphatic carbocycles. The Labute approximate surface area is 188 Å². The maximum Gasteiger partial charge on any atom is 0.272 e. The number of hydrogen-bond acceptors (Lipinski definition) is 5. The molecule has 7 heteroatoms. The molecule has 1 saturated carbocycles. The number of ether oxygens (including phenoxy) is 1. The van der Waals surface area contributed by atoms with Gasteiger partial charge in [0.05, 0.1) is 16.9 Å². The Bertz CT molecular complexity index is 949. The molecule has 1 amide bonds. The quantitative estimate of drug-likeness (QED) is 0.389. The van der Waals surface area contributed by atoms with Crippen molar-refractivity contribution >= 4 is 11.6 Å². The summed E-state index contributed by atoms with van der Waals surface area (Å²) in [5.41, 5.74) is 0.380. The first-order chi connectivity index (χ1) is 15.5. The number of carbonyl (C=O) groups is 1. The Morgan fingerprint density at radius 1 is 1.16 bits per heavy atom. The lowest BCUT2D eigenvalue weighted by Gasteiger charge is -2.21. The van der Waals surface area contributed by atoms with Crippen molar-refractivity contribution in [3.8, 4) is 17.6 Å². The van der Waals surface area contributed by atoms with Gasteiger partial charge >= 0.3 is 0 Å². The fourth-order valence-electron chi connectivity index (χ4n) is 4.11. The van der Waals surface area contributed by atoms with Gasteiger partial charge in [-0.25, -0.2) is 0 Å². The Morgan fingerprint density at radius 2 is 1.91 bits per heavy atom. The van der Waals surface area contributed by atoms with Crippen molar-refractivity contribution in [2.24, 2.45) is 11.8 Å². The minimum atomic E-state index is -0.499. The molecule has 1 fully saturated rings. The number of nitriles is 1. The third-order valence-electron chi connectivity index (χ3n) is 5.91. The molecule has 2 aromatic rings. The van der Waals surface area contributed by atoms with Crippen molar-refractivity contribution in [3.63, 3.8) is 0 Å². The molecule has 168 valence electrons. The van der Waals surface area contributed by atoms with Gasteiger partial charge in [0, 0.05) is 24.6 Å². The van der Waals surface area contributed by atoms with Gasteiger partial charge in [-0.15, -0.1) is 0 Å². The molecule has 0 bridgehead atoms. The van der Waals surface area contributed by atoms with Crippen molar-refractivity contribution in [2.75, 3.05) is 6.54 Å². The van der Waals surface area contributed by atoms with Gasteiger partial charge < -0.3 is 10.1 Å². The maximum absolute atomic E-state index is 12.2. The topological polar surface area (TPSA) is 105 Å². The van der Waals surface area contributed by atoms with Gasteiger partial charge in [-0.2, -0.15) is 5.26 Å². The zero-order valence-corrected chi connectivity index (χ0v) is 18.2. The number of para-hydroxylation sites is 1. The molecule has 1 N–H and O–H groups in total. The van der Waals surface area contributed by atoms with Crippen LogP contribution in [0, 0.1) is 33.3 Å². The largest absolute Gasteiger partial charge is 0.457 e. The molecular weight excluding hydrogens is 406 g/mol. The molecule has 2 aromatic carbocycles. The highest BCUT2D eigenvalue weighted by molar-refractivity contribution is 5.75. The molecule has 1 aliphatic rings. The van der Waals surface area contributed by atoms with Crippen LogP contribution in [0.25, 0.3) is 0 Å². The van der Waals surface area contributed by atoms with E-state index in [1.165, 1.54) is 25.3 Å². The number of carbonyl (C=O) groups excluding carboxylic acids is 1. The summed E-state index contributed by atoms with van der Waals surface area (Å²) in [6.07, 6.45) is 6.82. The highest BCUT2D eigenvalue weighted by Gasteiger charge is 2.21. The molecule has 1 atom stereocenters. The van der Waals surface area contributed by atoms with Crippen LogP contribution in [0.4, 0.5) is 5.69 Å². The van der Waals surface area contributed by atoms with Crippen molar-refractivity contribution in [1.29, 1.82) is 5.26 Å². The summed E-state index contributed by atoms with van der Waals surface area (Å²) >= 11 is 0. The lowest BCUT2D eigenvalue weighted by Crippen LogP contribution is -2.30. The molecule has 0 saturated heterocycles. The Kier molecular flexibility index (Phi) is 8.61. The third-order valence-corrected chi connectivity index (χ3v) is 5.91. The van der Waals surface area contributed by atoms with Crippen LogP contribution in [-0.2, 0) is 11.2 Å². The first-order valence-corrected chi connectivity index (χ1v) is 11.2. The zero-order valence-electron chi connectivity index (χ0n) is 18.2. The predicted octanol–water partition coefficient (Wildman–Crippen LogP) is 5.55. The van der Waals surface area contributed by atoms with E-state index in [0.717, 1.165) is 12.8 Å². The maximum atomic E-state index is 12.2. The second kappa shape index (κ2) is 11.8. The standard InChI is InChI=1S/C25H29N3O4/c26-17-20(11-14-25(29)27-18-19-7-3-1-4-8-19)15-21-16-23(12-13-24(21)28(30)31)32-22-9-5-2-6-10-22/h2,5-6,9-10,12-13,16,19-20H,1,3-4,7-8,11,14-15,18H2,(H,27,29). The number of hydrogen-bond donors (Lipinski definition) is 1. The van der Waals surface area contributed by atoms with Crippen LogP contribution in [0.2, 0.25) is 0 Å².